The molecule has 0 amide bonds. The number of hydrogen-bond acceptors (Lipinski definition) is 4. The average Bonchev–Trinajstić information content (AvgIpc) is 2.90. The van der Waals surface area contributed by atoms with E-state index in [4.69, 9.17) is 16.3 Å². The maximum absolute atomic E-state index is 14.2. The van der Waals surface area contributed by atoms with Gasteiger partial charge in [0.2, 0.25) is 0 Å². The van der Waals surface area contributed by atoms with Gasteiger partial charge in [0.25, 0.3) is 0 Å². The molecule has 0 aromatic heterocycles. The number of halogens is 2. The summed E-state index contributed by atoms with van der Waals surface area (Å²) < 4.78 is 42.4. The van der Waals surface area contributed by atoms with E-state index in [1.807, 2.05) is 6.92 Å². The van der Waals surface area contributed by atoms with Gasteiger partial charge in [-0.05, 0) is 47.9 Å². The average molecular weight is 381 g/mol. The van der Waals surface area contributed by atoms with Crippen molar-refractivity contribution in [3.8, 4) is 0 Å². The second-order valence-electron chi connectivity index (χ2n) is 5.81. The first-order valence-electron chi connectivity index (χ1n) is 7.35. The molecular weight excluding hydrogens is 367 g/mol. The second-order valence-corrected chi connectivity index (χ2v) is 8.20. The molecule has 2 aromatic rings. The Morgan fingerprint density at radius 1 is 1.12 bits per heavy atom. The van der Waals surface area contributed by atoms with Gasteiger partial charge in [-0.1, -0.05) is 23.7 Å². The quantitative estimate of drug-likeness (QED) is 0.762. The number of ether oxygens (including phenoxy) is 1. The third kappa shape index (κ3) is 3.32. The Morgan fingerprint density at radius 3 is 2.40 bits per heavy atom. The van der Waals surface area contributed by atoms with Crippen molar-refractivity contribution in [3.05, 3.63) is 63.9 Å². The van der Waals surface area contributed by atoms with Crippen LogP contribution in [0, 0.1) is 12.7 Å². The molecule has 7 heteroatoms. The van der Waals surface area contributed by atoms with Crippen molar-refractivity contribution in [2.24, 2.45) is 0 Å². The Balaban J connectivity index is 2.16. The summed E-state index contributed by atoms with van der Waals surface area (Å²) in [6.45, 7) is 1.81. The summed E-state index contributed by atoms with van der Waals surface area (Å²) in [4.78, 5) is 11.8. The third-order valence-corrected chi connectivity index (χ3v) is 5.53. The third-order valence-electron chi connectivity index (χ3n) is 3.98. The molecule has 1 aliphatic rings. The molecule has 0 radical (unpaired) electrons. The van der Waals surface area contributed by atoms with Gasteiger partial charge in [-0.2, -0.15) is 0 Å². The van der Waals surface area contributed by atoms with E-state index in [1.54, 1.807) is 18.2 Å². The van der Waals surface area contributed by atoms with Gasteiger partial charge >= 0.3 is 5.97 Å². The van der Waals surface area contributed by atoms with E-state index in [0.717, 1.165) is 17.9 Å². The summed E-state index contributed by atoms with van der Waals surface area (Å²) in [5.41, 5.74) is 2.65. The highest BCUT2D eigenvalue weighted by atomic mass is 35.5. The molecule has 4 nitrogen and oxygen atoms in total. The Hall–Kier alpha value is -2.18. The molecule has 0 bridgehead atoms. The van der Waals surface area contributed by atoms with Crippen LogP contribution in [0.3, 0.4) is 0 Å². The van der Waals surface area contributed by atoms with Gasteiger partial charge in [-0.3, -0.25) is 0 Å². The predicted octanol–water partition coefficient (Wildman–Crippen LogP) is 3.66. The van der Waals surface area contributed by atoms with Gasteiger partial charge in [-0.15, -0.1) is 0 Å². The van der Waals surface area contributed by atoms with Crippen LogP contribution in [-0.4, -0.2) is 27.2 Å². The molecule has 0 saturated heterocycles. The minimum Gasteiger partial charge on any atom is -0.457 e. The van der Waals surface area contributed by atoms with Gasteiger partial charge in [0.1, 0.15) is 17.3 Å². The summed E-state index contributed by atoms with van der Waals surface area (Å²) in [5, 5.41) is 0.570. The van der Waals surface area contributed by atoms with Gasteiger partial charge in [-0.25, -0.2) is 17.6 Å². The maximum Gasteiger partial charge on any atom is 0.339 e. The minimum atomic E-state index is -3.66. The molecular formula is C18H14ClFO4S. The number of esters is 1. The lowest BCUT2D eigenvalue weighted by Gasteiger charge is -2.08. The highest BCUT2D eigenvalue weighted by molar-refractivity contribution is 7.90. The smallest absolute Gasteiger partial charge is 0.339 e. The Morgan fingerprint density at radius 2 is 1.80 bits per heavy atom. The largest absolute Gasteiger partial charge is 0.457 e. The number of carbonyl (C=O) groups is 1. The lowest BCUT2D eigenvalue weighted by atomic mass is 9.95. The fourth-order valence-corrected chi connectivity index (χ4v) is 3.56. The van der Waals surface area contributed by atoms with E-state index < -0.39 is 21.6 Å². The molecule has 1 heterocycles. The molecule has 0 fully saturated rings. The molecule has 0 spiro atoms. The summed E-state index contributed by atoms with van der Waals surface area (Å²) >= 11 is 6.02. The summed E-state index contributed by atoms with van der Waals surface area (Å²) in [6.07, 6.45) is 0.939. The van der Waals surface area contributed by atoms with Crippen LogP contribution in [-0.2, 0) is 19.4 Å². The van der Waals surface area contributed by atoms with Crippen LogP contribution < -0.4 is 0 Å². The molecule has 0 saturated carbocycles. The molecule has 3 rings (SSSR count). The van der Waals surface area contributed by atoms with E-state index >= 15 is 0 Å². The first-order valence-corrected chi connectivity index (χ1v) is 9.62. The van der Waals surface area contributed by atoms with Crippen LogP contribution in [0.1, 0.15) is 16.7 Å². The van der Waals surface area contributed by atoms with Gasteiger partial charge in [0.15, 0.2) is 9.84 Å². The monoisotopic (exact) mass is 380 g/mol. The number of carbonyl (C=O) groups excluding carboxylic acids is 1. The summed E-state index contributed by atoms with van der Waals surface area (Å²) in [5.74, 6) is -1.37. The van der Waals surface area contributed by atoms with E-state index in [2.05, 4.69) is 0 Å². The van der Waals surface area contributed by atoms with Crippen molar-refractivity contribution in [1.82, 2.24) is 0 Å². The fourth-order valence-electron chi connectivity index (χ4n) is 2.71. The normalized spacial score (nSPS) is 14.8. The van der Waals surface area contributed by atoms with Crippen LogP contribution in [0.4, 0.5) is 4.39 Å². The van der Waals surface area contributed by atoms with Crippen LogP contribution in [0.2, 0.25) is 5.02 Å². The Kier molecular flexibility index (Phi) is 4.43. The number of sulfone groups is 1. The Bertz CT molecular complexity index is 1030. The van der Waals surface area contributed by atoms with Crippen molar-refractivity contribution in [2.45, 2.75) is 11.8 Å². The van der Waals surface area contributed by atoms with Crippen LogP contribution >= 0.6 is 11.6 Å². The molecule has 25 heavy (non-hydrogen) atoms. The molecule has 130 valence electrons. The van der Waals surface area contributed by atoms with E-state index in [0.29, 0.717) is 27.3 Å². The van der Waals surface area contributed by atoms with E-state index in [9.17, 15) is 17.6 Å². The number of cyclic esters (lactones) is 1. The number of rotatable bonds is 3. The maximum atomic E-state index is 14.2. The van der Waals surface area contributed by atoms with Gasteiger partial charge in [0.05, 0.1) is 5.57 Å². The SMILES string of the molecule is Cc1cc(C2=C(c3ccc(S(C)(=O)=O)c(F)c3)COC2=O)ccc1Cl. The molecule has 0 aliphatic carbocycles. The number of hydrogen-bond donors (Lipinski definition) is 0. The van der Waals surface area contributed by atoms with Crippen molar-refractivity contribution >= 4 is 38.6 Å². The standard InChI is InChI=1S/C18H14ClFO4S/c1-10-7-12(3-5-14(10)19)17-13(9-24-18(17)21)11-4-6-16(15(20)8-11)25(2,22)23/h3-8H,9H2,1-2H3. The van der Waals surface area contributed by atoms with Crippen molar-refractivity contribution < 1.29 is 22.3 Å². The van der Waals surface area contributed by atoms with Gasteiger partial charge < -0.3 is 4.74 Å². The van der Waals surface area contributed by atoms with E-state index in [1.165, 1.54) is 12.1 Å². The zero-order chi connectivity index (χ0) is 18.4. The lowest BCUT2D eigenvalue weighted by Crippen LogP contribution is -2.02. The zero-order valence-electron chi connectivity index (χ0n) is 13.5. The molecule has 0 N–H and O–H groups in total. The highest BCUT2D eigenvalue weighted by Gasteiger charge is 2.28. The van der Waals surface area contributed by atoms with Crippen LogP contribution in [0.5, 0.6) is 0 Å². The zero-order valence-corrected chi connectivity index (χ0v) is 15.0. The van der Waals surface area contributed by atoms with Crippen molar-refractivity contribution in [1.29, 1.82) is 0 Å². The van der Waals surface area contributed by atoms with Crippen LogP contribution in [0.25, 0.3) is 11.1 Å². The van der Waals surface area contributed by atoms with E-state index in [-0.39, 0.29) is 11.5 Å². The van der Waals surface area contributed by atoms with Crippen molar-refractivity contribution in [3.63, 3.8) is 0 Å². The highest BCUT2D eigenvalue weighted by Crippen LogP contribution is 2.35. The molecule has 0 atom stereocenters. The fraction of sp³-hybridized carbons (Fsp3) is 0.167. The van der Waals surface area contributed by atoms with Crippen molar-refractivity contribution in [2.75, 3.05) is 12.9 Å². The Labute approximate surface area is 149 Å². The molecule has 0 unspecified atom stereocenters. The number of benzene rings is 2. The molecule has 1 aliphatic heterocycles. The van der Waals surface area contributed by atoms with Gasteiger partial charge in [0, 0.05) is 16.9 Å². The first-order chi connectivity index (χ1) is 11.7. The molecule has 2 aromatic carbocycles. The first kappa shape index (κ1) is 17.6. The second kappa shape index (κ2) is 6.28. The summed E-state index contributed by atoms with van der Waals surface area (Å²) in [7, 11) is -3.66. The summed E-state index contributed by atoms with van der Waals surface area (Å²) in [6, 6.07) is 8.90. The minimum absolute atomic E-state index is 0.00645. The number of aryl methyl sites for hydroxylation is 1. The predicted molar refractivity (Wildman–Crippen MR) is 93.5 cm³/mol. The lowest BCUT2D eigenvalue weighted by molar-refractivity contribution is -0.133. The topological polar surface area (TPSA) is 60.4 Å². The van der Waals surface area contributed by atoms with Crippen LogP contribution in [0.15, 0.2) is 41.3 Å².